The first-order valence-corrected chi connectivity index (χ1v) is 12.9. The molecule has 1 heterocycles. The Labute approximate surface area is 200 Å². The zero-order valence-electron chi connectivity index (χ0n) is 18.5. The largest absolute Gasteiger partial charge is 0.350 e. The first-order valence-electron chi connectivity index (χ1n) is 11.1. The predicted octanol–water partition coefficient (Wildman–Crippen LogP) is 5.29. The molecular formula is C26H27ClN2O3S. The summed E-state index contributed by atoms with van der Waals surface area (Å²) in [5.41, 5.74) is 3.73. The normalized spacial score (nSPS) is 14.4. The van der Waals surface area contributed by atoms with Crippen molar-refractivity contribution >= 4 is 33.2 Å². The SMILES string of the molecule is C[C@H](NC(=O)CCc1ccc(S(=O)(=O)N2CCCc3ccccc32)cc1)c1ccc(Cl)cc1. The maximum atomic E-state index is 13.3. The van der Waals surface area contributed by atoms with Crippen molar-refractivity contribution in [2.45, 2.75) is 43.5 Å². The molecule has 1 N–H and O–H groups in total. The quantitative estimate of drug-likeness (QED) is 0.497. The van der Waals surface area contributed by atoms with Crippen LogP contribution in [-0.4, -0.2) is 20.9 Å². The van der Waals surface area contributed by atoms with Crippen LogP contribution in [0.5, 0.6) is 0 Å². The van der Waals surface area contributed by atoms with Crippen molar-refractivity contribution in [3.05, 3.63) is 94.5 Å². The molecule has 3 aromatic rings. The summed E-state index contributed by atoms with van der Waals surface area (Å²) in [6, 6.07) is 21.8. The van der Waals surface area contributed by atoms with Crippen molar-refractivity contribution in [2.24, 2.45) is 0 Å². The van der Waals surface area contributed by atoms with Crippen LogP contribution >= 0.6 is 11.6 Å². The molecular weight excluding hydrogens is 456 g/mol. The number of amides is 1. The first kappa shape index (κ1) is 23.3. The van der Waals surface area contributed by atoms with Gasteiger partial charge in [-0.05, 0) is 73.2 Å². The van der Waals surface area contributed by atoms with E-state index in [2.05, 4.69) is 5.32 Å². The molecule has 0 radical (unpaired) electrons. The predicted molar refractivity (Wildman–Crippen MR) is 132 cm³/mol. The van der Waals surface area contributed by atoms with E-state index in [1.165, 1.54) is 4.31 Å². The minimum atomic E-state index is -3.63. The lowest BCUT2D eigenvalue weighted by Gasteiger charge is -2.30. The lowest BCUT2D eigenvalue weighted by atomic mass is 10.0. The number of carbonyl (C=O) groups is 1. The Bertz CT molecular complexity index is 1230. The number of anilines is 1. The van der Waals surface area contributed by atoms with Gasteiger partial charge in [-0.25, -0.2) is 8.42 Å². The summed E-state index contributed by atoms with van der Waals surface area (Å²) in [4.78, 5) is 12.6. The van der Waals surface area contributed by atoms with E-state index in [0.717, 1.165) is 35.2 Å². The van der Waals surface area contributed by atoms with Gasteiger partial charge in [-0.1, -0.05) is 54.1 Å². The third-order valence-electron chi connectivity index (χ3n) is 5.97. The first-order chi connectivity index (χ1) is 15.8. The second-order valence-corrected chi connectivity index (χ2v) is 10.6. The molecule has 0 aliphatic carbocycles. The molecule has 1 atom stereocenters. The van der Waals surface area contributed by atoms with Gasteiger partial charge < -0.3 is 5.32 Å². The van der Waals surface area contributed by atoms with Crippen LogP contribution in [0.3, 0.4) is 0 Å². The summed E-state index contributed by atoms with van der Waals surface area (Å²) in [5, 5.41) is 3.65. The average Bonchev–Trinajstić information content (AvgIpc) is 2.83. The van der Waals surface area contributed by atoms with Gasteiger partial charge in [-0.15, -0.1) is 0 Å². The number of carbonyl (C=O) groups excluding carboxylic acids is 1. The van der Waals surface area contributed by atoms with Crippen LogP contribution in [0.15, 0.2) is 77.7 Å². The monoisotopic (exact) mass is 482 g/mol. The number of aryl methyl sites for hydroxylation is 2. The Morgan fingerprint density at radius 2 is 1.73 bits per heavy atom. The maximum absolute atomic E-state index is 13.3. The molecule has 3 aromatic carbocycles. The van der Waals surface area contributed by atoms with E-state index < -0.39 is 10.0 Å². The zero-order chi connectivity index (χ0) is 23.4. The van der Waals surface area contributed by atoms with E-state index in [9.17, 15) is 13.2 Å². The van der Waals surface area contributed by atoms with Gasteiger partial charge in [0.25, 0.3) is 10.0 Å². The zero-order valence-corrected chi connectivity index (χ0v) is 20.1. The minimum absolute atomic E-state index is 0.0564. The lowest BCUT2D eigenvalue weighted by Crippen LogP contribution is -2.35. The van der Waals surface area contributed by atoms with Gasteiger partial charge in [0.1, 0.15) is 0 Å². The topological polar surface area (TPSA) is 66.5 Å². The van der Waals surface area contributed by atoms with Crippen LogP contribution in [0.1, 0.15) is 42.5 Å². The molecule has 0 spiro atoms. The number of rotatable bonds is 7. The number of sulfonamides is 1. The van der Waals surface area contributed by atoms with E-state index in [4.69, 9.17) is 11.6 Å². The summed E-state index contributed by atoms with van der Waals surface area (Å²) in [6.07, 6.45) is 2.55. The van der Waals surface area contributed by atoms with E-state index in [1.807, 2.05) is 43.3 Å². The molecule has 33 heavy (non-hydrogen) atoms. The Morgan fingerprint density at radius 3 is 2.45 bits per heavy atom. The smallest absolute Gasteiger partial charge is 0.264 e. The Hall–Kier alpha value is -2.83. The molecule has 1 aliphatic heterocycles. The van der Waals surface area contributed by atoms with Crippen molar-refractivity contribution in [1.29, 1.82) is 0 Å². The summed E-state index contributed by atoms with van der Waals surface area (Å²) in [5.74, 6) is -0.0564. The standard InChI is InChI=1S/C26H27ClN2O3S/c1-19(21-11-13-23(27)14-12-21)28-26(30)17-10-20-8-15-24(16-9-20)33(31,32)29-18-4-6-22-5-2-3-7-25(22)29/h2-3,5,7-9,11-16,19H,4,6,10,17-18H2,1H3,(H,28,30)/t19-/m0/s1. The lowest BCUT2D eigenvalue weighted by molar-refractivity contribution is -0.121. The van der Waals surface area contributed by atoms with Crippen LogP contribution in [0.4, 0.5) is 5.69 Å². The Kier molecular flexibility index (Phi) is 7.05. The highest BCUT2D eigenvalue weighted by Gasteiger charge is 2.28. The van der Waals surface area contributed by atoms with Crippen LogP contribution in [-0.2, 0) is 27.7 Å². The fourth-order valence-electron chi connectivity index (χ4n) is 4.11. The van der Waals surface area contributed by atoms with E-state index in [1.54, 1.807) is 36.4 Å². The van der Waals surface area contributed by atoms with Gasteiger partial charge >= 0.3 is 0 Å². The highest BCUT2D eigenvalue weighted by Crippen LogP contribution is 2.31. The van der Waals surface area contributed by atoms with Crippen LogP contribution < -0.4 is 9.62 Å². The average molecular weight is 483 g/mol. The van der Waals surface area contributed by atoms with Gasteiger partial charge in [-0.2, -0.15) is 0 Å². The third-order valence-corrected chi connectivity index (χ3v) is 8.05. The fourth-order valence-corrected chi connectivity index (χ4v) is 5.78. The van der Waals surface area contributed by atoms with Crippen molar-refractivity contribution < 1.29 is 13.2 Å². The number of nitrogens with zero attached hydrogens (tertiary/aromatic N) is 1. The molecule has 0 bridgehead atoms. The molecule has 0 saturated carbocycles. The summed E-state index contributed by atoms with van der Waals surface area (Å²) >= 11 is 5.92. The fraction of sp³-hybridized carbons (Fsp3) is 0.269. The molecule has 4 rings (SSSR count). The van der Waals surface area contributed by atoms with Crippen molar-refractivity contribution in [3.8, 4) is 0 Å². The van der Waals surface area contributed by atoms with E-state index >= 15 is 0 Å². The maximum Gasteiger partial charge on any atom is 0.264 e. The van der Waals surface area contributed by atoms with Crippen molar-refractivity contribution in [2.75, 3.05) is 10.8 Å². The van der Waals surface area contributed by atoms with Crippen LogP contribution in [0, 0.1) is 0 Å². The molecule has 1 aliphatic rings. The van der Waals surface area contributed by atoms with E-state index in [0.29, 0.717) is 24.4 Å². The van der Waals surface area contributed by atoms with Crippen LogP contribution in [0.25, 0.3) is 0 Å². The van der Waals surface area contributed by atoms with Gasteiger partial charge in [0.05, 0.1) is 16.6 Å². The van der Waals surface area contributed by atoms with Crippen molar-refractivity contribution in [1.82, 2.24) is 5.32 Å². The summed E-state index contributed by atoms with van der Waals surface area (Å²) < 4.78 is 28.0. The second-order valence-electron chi connectivity index (χ2n) is 8.29. The molecule has 0 fully saturated rings. The minimum Gasteiger partial charge on any atom is -0.350 e. The molecule has 0 aromatic heterocycles. The third kappa shape index (κ3) is 5.40. The number of hydrogen-bond donors (Lipinski definition) is 1. The molecule has 0 unspecified atom stereocenters. The number of para-hydroxylation sites is 1. The van der Waals surface area contributed by atoms with Gasteiger partial charge in [0, 0.05) is 18.0 Å². The molecule has 172 valence electrons. The van der Waals surface area contributed by atoms with Gasteiger partial charge in [-0.3, -0.25) is 9.10 Å². The number of nitrogens with one attached hydrogen (secondary N) is 1. The number of hydrogen-bond acceptors (Lipinski definition) is 3. The number of halogens is 1. The van der Waals surface area contributed by atoms with Gasteiger partial charge in [0.2, 0.25) is 5.91 Å². The van der Waals surface area contributed by atoms with Crippen LogP contribution in [0.2, 0.25) is 5.02 Å². The summed E-state index contributed by atoms with van der Waals surface area (Å²) in [7, 11) is -3.63. The molecule has 1 amide bonds. The molecule has 5 nitrogen and oxygen atoms in total. The number of benzene rings is 3. The number of fused-ring (bicyclic) bond motifs is 1. The Morgan fingerprint density at radius 1 is 1.03 bits per heavy atom. The molecule has 7 heteroatoms. The highest BCUT2D eigenvalue weighted by atomic mass is 35.5. The van der Waals surface area contributed by atoms with Gasteiger partial charge in [0.15, 0.2) is 0 Å². The highest BCUT2D eigenvalue weighted by molar-refractivity contribution is 7.92. The summed E-state index contributed by atoms with van der Waals surface area (Å²) in [6.45, 7) is 2.41. The second kappa shape index (κ2) is 9.98. The van der Waals surface area contributed by atoms with E-state index in [-0.39, 0.29) is 16.8 Å². The van der Waals surface area contributed by atoms with Crippen molar-refractivity contribution in [3.63, 3.8) is 0 Å². The Balaban J connectivity index is 1.37. The molecule has 0 saturated heterocycles.